The highest BCUT2D eigenvalue weighted by Gasteiger charge is 2.27. The quantitative estimate of drug-likeness (QED) is 0.534. The fourth-order valence-corrected chi connectivity index (χ4v) is 4.29. The molecule has 0 aliphatic carbocycles. The summed E-state index contributed by atoms with van der Waals surface area (Å²) >= 11 is 0. The van der Waals surface area contributed by atoms with Crippen molar-refractivity contribution in [2.24, 2.45) is 0 Å². The number of amides is 2. The van der Waals surface area contributed by atoms with Crippen molar-refractivity contribution in [3.63, 3.8) is 0 Å². The van der Waals surface area contributed by atoms with Gasteiger partial charge in [-0.2, -0.15) is 0 Å². The highest BCUT2D eigenvalue weighted by molar-refractivity contribution is 6.39. The first-order valence-corrected chi connectivity index (χ1v) is 11.7. The number of carbonyl (C=O) groups excluding carboxylic acids is 2. The Balaban J connectivity index is 1.39. The molecule has 1 atom stereocenters. The van der Waals surface area contributed by atoms with Gasteiger partial charge in [0.15, 0.2) is 0 Å². The van der Waals surface area contributed by atoms with E-state index in [9.17, 15) is 14.0 Å². The van der Waals surface area contributed by atoms with Crippen molar-refractivity contribution in [1.29, 1.82) is 0 Å². The van der Waals surface area contributed by atoms with E-state index in [1.807, 2.05) is 44.2 Å². The maximum atomic E-state index is 13.3. The zero-order valence-electron chi connectivity index (χ0n) is 20.0. The fourth-order valence-electron chi connectivity index (χ4n) is 4.29. The number of anilines is 2. The Bertz CT molecular complexity index is 1160. The summed E-state index contributed by atoms with van der Waals surface area (Å²) in [5.41, 5.74) is 4.48. The van der Waals surface area contributed by atoms with Gasteiger partial charge in [0.05, 0.1) is 6.04 Å². The Morgan fingerprint density at radius 3 is 2.43 bits per heavy atom. The molecule has 182 valence electrons. The summed E-state index contributed by atoms with van der Waals surface area (Å²) in [4.78, 5) is 33.9. The van der Waals surface area contributed by atoms with Crippen LogP contribution in [-0.4, -0.2) is 54.4 Å². The number of aryl methyl sites for hydroxylation is 2. The minimum atomic E-state index is -0.690. The number of hydrogen-bond donors (Lipinski definition) is 2. The van der Waals surface area contributed by atoms with Crippen LogP contribution in [0.15, 0.2) is 67.0 Å². The third-order valence-corrected chi connectivity index (χ3v) is 6.32. The monoisotopic (exact) mass is 475 g/mol. The molecule has 0 saturated carbocycles. The molecular formula is C27H30FN5O2. The molecule has 2 aromatic carbocycles. The van der Waals surface area contributed by atoms with Gasteiger partial charge in [0.1, 0.15) is 5.82 Å². The molecule has 1 saturated heterocycles. The average Bonchev–Trinajstić information content (AvgIpc) is 2.88. The topological polar surface area (TPSA) is 77.6 Å². The lowest BCUT2D eigenvalue weighted by molar-refractivity contribution is -0.136. The Labute approximate surface area is 205 Å². The molecule has 0 bridgehead atoms. The molecule has 4 rings (SSSR count). The molecule has 7 nitrogen and oxygen atoms in total. The molecule has 2 heterocycles. The molecular weight excluding hydrogens is 445 g/mol. The van der Waals surface area contributed by atoms with Crippen molar-refractivity contribution in [3.8, 4) is 0 Å². The molecule has 8 heteroatoms. The van der Waals surface area contributed by atoms with E-state index in [0.29, 0.717) is 5.69 Å². The van der Waals surface area contributed by atoms with Gasteiger partial charge in [-0.1, -0.05) is 18.2 Å². The van der Waals surface area contributed by atoms with Crippen LogP contribution >= 0.6 is 0 Å². The molecule has 0 spiro atoms. The number of rotatable bonds is 6. The van der Waals surface area contributed by atoms with Gasteiger partial charge >= 0.3 is 11.8 Å². The molecule has 0 unspecified atom stereocenters. The first-order chi connectivity index (χ1) is 16.9. The average molecular weight is 476 g/mol. The summed E-state index contributed by atoms with van der Waals surface area (Å²) in [6, 6.07) is 16.0. The lowest BCUT2D eigenvalue weighted by Gasteiger charge is -2.40. The zero-order chi connectivity index (χ0) is 24.8. The van der Waals surface area contributed by atoms with Crippen molar-refractivity contribution in [2.75, 3.05) is 42.9 Å². The number of nitrogens with one attached hydrogen (secondary N) is 2. The van der Waals surface area contributed by atoms with Gasteiger partial charge in [-0.25, -0.2) is 4.39 Å². The van der Waals surface area contributed by atoms with Crippen molar-refractivity contribution in [1.82, 2.24) is 15.2 Å². The van der Waals surface area contributed by atoms with Crippen LogP contribution in [0.25, 0.3) is 0 Å². The van der Waals surface area contributed by atoms with Crippen LogP contribution < -0.4 is 15.5 Å². The van der Waals surface area contributed by atoms with E-state index in [1.165, 1.54) is 12.1 Å². The van der Waals surface area contributed by atoms with E-state index in [0.717, 1.165) is 48.6 Å². The predicted molar refractivity (Wildman–Crippen MR) is 135 cm³/mol. The van der Waals surface area contributed by atoms with Gasteiger partial charge in [0.2, 0.25) is 0 Å². The van der Waals surface area contributed by atoms with Crippen LogP contribution in [0.3, 0.4) is 0 Å². The lowest BCUT2D eigenvalue weighted by Crippen LogP contribution is -2.50. The number of pyridine rings is 1. The van der Waals surface area contributed by atoms with E-state index in [2.05, 4.69) is 25.4 Å². The van der Waals surface area contributed by atoms with E-state index in [4.69, 9.17) is 0 Å². The second-order valence-corrected chi connectivity index (χ2v) is 8.78. The molecule has 1 fully saturated rings. The maximum Gasteiger partial charge on any atom is 0.313 e. The van der Waals surface area contributed by atoms with Gasteiger partial charge in [0, 0.05) is 56.5 Å². The fraction of sp³-hybridized carbons (Fsp3) is 0.296. The van der Waals surface area contributed by atoms with Crippen LogP contribution in [0.4, 0.5) is 15.8 Å². The van der Waals surface area contributed by atoms with Gasteiger partial charge in [-0.05, 0) is 66.9 Å². The highest BCUT2D eigenvalue weighted by atomic mass is 19.1. The summed E-state index contributed by atoms with van der Waals surface area (Å²) in [6.45, 7) is 7.14. The number of piperazine rings is 1. The summed E-state index contributed by atoms with van der Waals surface area (Å²) in [6.07, 6.45) is 3.50. The standard InChI is InChI=1S/C27H30FN5O2/c1-19-5-6-20(2)24(16-19)31-27(35)26(34)30-18-25(21-4-3-11-29-17-21)33-14-12-32(13-15-33)23-9-7-22(28)8-10-23/h3-11,16-17,25H,12-15,18H2,1-2H3,(H,30,34)(H,31,35)/t25-/m1/s1. The van der Waals surface area contributed by atoms with Gasteiger partial charge < -0.3 is 15.5 Å². The van der Waals surface area contributed by atoms with Crippen molar-refractivity contribution >= 4 is 23.2 Å². The number of hydrogen-bond acceptors (Lipinski definition) is 5. The van der Waals surface area contributed by atoms with Crippen molar-refractivity contribution in [2.45, 2.75) is 19.9 Å². The minimum Gasteiger partial charge on any atom is -0.369 e. The Kier molecular flexibility index (Phi) is 7.72. The summed E-state index contributed by atoms with van der Waals surface area (Å²) in [5, 5.41) is 5.52. The second kappa shape index (κ2) is 11.1. The van der Waals surface area contributed by atoms with E-state index in [1.54, 1.807) is 24.5 Å². The SMILES string of the molecule is Cc1ccc(C)c(NC(=O)C(=O)NC[C@H](c2cccnc2)N2CCN(c3ccc(F)cc3)CC2)c1. The van der Waals surface area contributed by atoms with Crippen LogP contribution in [0.2, 0.25) is 0 Å². The normalized spacial score (nSPS) is 14.9. The molecule has 1 aliphatic heterocycles. The van der Waals surface area contributed by atoms with E-state index >= 15 is 0 Å². The third-order valence-electron chi connectivity index (χ3n) is 6.32. The Morgan fingerprint density at radius 2 is 1.74 bits per heavy atom. The summed E-state index contributed by atoms with van der Waals surface area (Å²) in [7, 11) is 0. The zero-order valence-corrected chi connectivity index (χ0v) is 20.0. The molecule has 2 N–H and O–H groups in total. The van der Waals surface area contributed by atoms with Crippen molar-refractivity contribution in [3.05, 3.63) is 89.5 Å². The molecule has 1 aromatic heterocycles. The van der Waals surface area contributed by atoms with Gasteiger partial charge in [-0.3, -0.25) is 19.5 Å². The van der Waals surface area contributed by atoms with Crippen LogP contribution in [0.5, 0.6) is 0 Å². The lowest BCUT2D eigenvalue weighted by atomic mass is 10.1. The first-order valence-electron chi connectivity index (χ1n) is 11.7. The first kappa shape index (κ1) is 24.3. The number of nitrogens with zero attached hydrogens (tertiary/aromatic N) is 3. The molecule has 1 aliphatic rings. The highest BCUT2D eigenvalue weighted by Crippen LogP contribution is 2.24. The van der Waals surface area contributed by atoms with Crippen molar-refractivity contribution < 1.29 is 14.0 Å². The van der Waals surface area contributed by atoms with Crippen LogP contribution in [-0.2, 0) is 9.59 Å². The Hall–Kier alpha value is -3.78. The van der Waals surface area contributed by atoms with E-state index < -0.39 is 11.8 Å². The third kappa shape index (κ3) is 6.22. The number of benzene rings is 2. The number of carbonyl (C=O) groups is 2. The predicted octanol–water partition coefficient (Wildman–Crippen LogP) is 3.46. The second-order valence-electron chi connectivity index (χ2n) is 8.78. The smallest absolute Gasteiger partial charge is 0.313 e. The molecule has 35 heavy (non-hydrogen) atoms. The minimum absolute atomic E-state index is 0.128. The summed E-state index contributed by atoms with van der Waals surface area (Å²) in [5.74, 6) is -1.61. The van der Waals surface area contributed by atoms with Crippen LogP contribution in [0.1, 0.15) is 22.7 Å². The molecule has 2 amide bonds. The Morgan fingerprint density at radius 1 is 1.00 bits per heavy atom. The van der Waals surface area contributed by atoms with Gasteiger partial charge in [-0.15, -0.1) is 0 Å². The van der Waals surface area contributed by atoms with Gasteiger partial charge in [0.25, 0.3) is 0 Å². The molecule has 0 radical (unpaired) electrons. The van der Waals surface area contributed by atoms with E-state index in [-0.39, 0.29) is 18.4 Å². The largest absolute Gasteiger partial charge is 0.369 e. The number of halogens is 1. The summed E-state index contributed by atoms with van der Waals surface area (Å²) < 4.78 is 13.3. The maximum absolute atomic E-state index is 13.3. The van der Waals surface area contributed by atoms with Crippen LogP contribution in [0, 0.1) is 19.7 Å². The molecule has 3 aromatic rings. The number of aromatic nitrogens is 1.